The molecule has 0 aliphatic carbocycles. The number of nitrogens with one attached hydrogen (secondary N) is 2. The number of anilines is 3. The van der Waals surface area contributed by atoms with Crippen LogP contribution in [0.5, 0.6) is 0 Å². The summed E-state index contributed by atoms with van der Waals surface area (Å²) in [6.07, 6.45) is 0. The molecule has 1 heterocycles. The van der Waals surface area contributed by atoms with Crippen LogP contribution in [0.1, 0.15) is 16.1 Å². The number of rotatable bonds is 6. The number of benzene rings is 3. The van der Waals surface area contributed by atoms with Crippen molar-refractivity contribution in [1.29, 1.82) is 0 Å². The number of nitrogens with zero attached hydrogens (tertiary/aromatic N) is 3. The maximum Gasteiger partial charge on any atom is 0.295 e. The summed E-state index contributed by atoms with van der Waals surface area (Å²) in [6, 6.07) is 22.2. The van der Waals surface area contributed by atoms with Gasteiger partial charge in [-0.1, -0.05) is 36.4 Å². The predicted octanol–water partition coefficient (Wildman–Crippen LogP) is 4.39. The summed E-state index contributed by atoms with van der Waals surface area (Å²) in [4.78, 5) is 37.0. The van der Waals surface area contributed by atoms with Crippen molar-refractivity contribution in [3.63, 3.8) is 0 Å². The van der Waals surface area contributed by atoms with Crippen LogP contribution < -0.4 is 16.2 Å². The van der Waals surface area contributed by atoms with Gasteiger partial charge >= 0.3 is 0 Å². The number of nitro groups is 1. The van der Waals surface area contributed by atoms with Gasteiger partial charge in [-0.25, -0.2) is 4.68 Å². The van der Waals surface area contributed by atoms with E-state index in [2.05, 4.69) is 10.6 Å². The predicted molar refractivity (Wildman–Crippen MR) is 127 cm³/mol. The Balaban J connectivity index is 1.65. The first-order chi connectivity index (χ1) is 15.9. The normalized spacial score (nSPS) is 10.6. The zero-order valence-electron chi connectivity index (χ0n) is 18.0. The third-order valence-electron chi connectivity index (χ3n) is 5.30. The Morgan fingerprint density at radius 1 is 0.970 bits per heavy atom. The maximum absolute atomic E-state index is 13.0. The van der Waals surface area contributed by atoms with Gasteiger partial charge in [0, 0.05) is 24.4 Å². The fraction of sp³-hybridized carbons (Fsp3) is 0.0833. The minimum atomic E-state index is -0.615. The lowest BCUT2D eigenvalue weighted by Gasteiger charge is -2.09. The highest BCUT2D eigenvalue weighted by Crippen LogP contribution is 2.29. The lowest BCUT2D eigenvalue weighted by atomic mass is 10.1. The number of carbonyl (C=O) groups excluding carboxylic acids is 1. The highest BCUT2D eigenvalue weighted by molar-refractivity contribution is 6.05. The van der Waals surface area contributed by atoms with Crippen molar-refractivity contribution in [2.45, 2.75) is 6.92 Å². The van der Waals surface area contributed by atoms with Gasteiger partial charge in [0.2, 0.25) is 0 Å². The van der Waals surface area contributed by atoms with Gasteiger partial charge in [0.05, 0.1) is 16.3 Å². The molecule has 1 aromatic heterocycles. The Labute approximate surface area is 189 Å². The number of carbonyl (C=O) groups is 1. The van der Waals surface area contributed by atoms with Gasteiger partial charge in [-0.05, 0) is 43.3 Å². The fourth-order valence-corrected chi connectivity index (χ4v) is 3.50. The van der Waals surface area contributed by atoms with Crippen LogP contribution in [0.4, 0.5) is 22.7 Å². The molecule has 0 unspecified atom stereocenters. The molecule has 0 aliphatic rings. The van der Waals surface area contributed by atoms with E-state index < -0.39 is 16.4 Å². The fourth-order valence-electron chi connectivity index (χ4n) is 3.50. The summed E-state index contributed by atoms with van der Waals surface area (Å²) in [5.41, 5.74) is 1.66. The Bertz CT molecular complexity index is 1390. The van der Waals surface area contributed by atoms with Crippen molar-refractivity contribution in [3.05, 3.63) is 111 Å². The summed E-state index contributed by atoms with van der Waals surface area (Å²) in [5, 5.41) is 17.2. The molecule has 9 nitrogen and oxygen atoms in total. The van der Waals surface area contributed by atoms with Gasteiger partial charge in [-0.15, -0.1) is 0 Å². The van der Waals surface area contributed by atoms with Gasteiger partial charge < -0.3 is 10.6 Å². The number of aromatic nitrogens is 2. The van der Waals surface area contributed by atoms with E-state index in [0.29, 0.717) is 17.1 Å². The van der Waals surface area contributed by atoms with Crippen molar-refractivity contribution >= 4 is 28.7 Å². The van der Waals surface area contributed by atoms with Crippen LogP contribution in [-0.2, 0) is 7.05 Å². The van der Waals surface area contributed by atoms with Crippen LogP contribution >= 0.6 is 0 Å². The van der Waals surface area contributed by atoms with Crippen molar-refractivity contribution < 1.29 is 9.72 Å². The van der Waals surface area contributed by atoms with Crippen molar-refractivity contribution in [2.75, 3.05) is 10.6 Å². The maximum atomic E-state index is 13.0. The number of amides is 1. The lowest BCUT2D eigenvalue weighted by molar-refractivity contribution is -0.383. The highest BCUT2D eigenvalue weighted by Gasteiger charge is 2.21. The molecule has 0 saturated carbocycles. The molecule has 4 rings (SSSR count). The molecule has 1 amide bonds. The van der Waals surface area contributed by atoms with Crippen molar-refractivity contribution in [3.8, 4) is 5.69 Å². The summed E-state index contributed by atoms with van der Waals surface area (Å²) in [6.45, 7) is 1.71. The van der Waals surface area contributed by atoms with Crippen LogP contribution in [0.15, 0.2) is 83.7 Å². The minimum Gasteiger partial charge on any atom is -0.350 e. The molecule has 0 spiro atoms. The number of hydrogen-bond acceptors (Lipinski definition) is 5. The molecule has 0 fully saturated rings. The lowest BCUT2D eigenvalue weighted by Crippen LogP contribution is -2.23. The summed E-state index contributed by atoms with van der Waals surface area (Å²) >= 11 is 0. The molecule has 0 saturated heterocycles. The van der Waals surface area contributed by atoms with E-state index in [0.717, 1.165) is 0 Å². The Hall–Kier alpha value is -4.66. The third kappa shape index (κ3) is 4.24. The van der Waals surface area contributed by atoms with E-state index in [1.807, 2.05) is 24.3 Å². The van der Waals surface area contributed by atoms with Gasteiger partial charge in [0.15, 0.2) is 0 Å². The zero-order chi connectivity index (χ0) is 23.5. The molecule has 0 bridgehead atoms. The molecule has 166 valence electrons. The minimum absolute atomic E-state index is 0.0641. The average molecular weight is 443 g/mol. The van der Waals surface area contributed by atoms with Crippen LogP contribution in [-0.4, -0.2) is 20.2 Å². The quantitative estimate of drug-likeness (QED) is 0.339. The molecular formula is C24H21N5O4. The SMILES string of the molecule is Cc1c(NC(=O)c2ccc(Nc3ccccc3)c([N+](=O)[O-])c2)c(=O)n(-c2ccccc2)n1C. The van der Waals surface area contributed by atoms with Gasteiger partial charge in [-0.3, -0.25) is 24.4 Å². The molecule has 2 N–H and O–H groups in total. The summed E-state index contributed by atoms with van der Waals surface area (Å²) in [7, 11) is 1.72. The first kappa shape index (κ1) is 21.6. The smallest absolute Gasteiger partial charge is 0.295 e. The van der Waals surface area contributed by atoms with E-state index in [1.54, 1.807) is 55.1 Å². The van der Waals surface area contributed by atoms with E-state index in [1.165, 1.54) is 22.9 Å². The second-order valence-corrected chi connectivity index (χ2v) is 7.37. The topological polar surface area (TPSA) is 111 Å². The van der Waals surface area contributed by atoms with Crippen LogP contribution in [0.2, 0.25) is 0 Å². The van der Waals surface area contributed by atoms with Gasteiger partial charge in [-0.2, -0.15) is 0 Å². The van der Waals surface area contributed by atoms with E-state index in [4.69, 9.17) is 0 Å². The molecule has 3 aromatic carbocycles. The van der Waals surface area contributed by atoms with E-state index in [-0.39, 0.29) is 22.6 Å². The Morgan fingerprint density at radius 3 is 2.24 bits per heavy atom. The molecule has 0 radical (unpaired) electrons. The molecule has 9 heteroatoms. The number of nitro benzene ring substituents is 1. The number of para-hydroxylation sites is 2. The van der Waals surface area contributed by atoms with Gasteiger partial charge in [0.25, 0.3) is 17.2 Å². The molecule has 33 heavy (non-hydrogen) atoms. The van der Waals surface area contributed by atoms with E-state index >= 15 is 0 Å². The summed E-state index contributed by atoms with van der Waals surface area (Å²) < 4.78 is 3.09. The Morgan fingerprint density at radius 2 is 1.61 bits per heavy atom. The first-order valence-corrected chi connectivity index (χ1v) is 10.1. The third-order valence-corrected chi connectivity index (χ3v) is 5.30. The van der Waals surface area contributed by atoms with Crippen molar-refractivity contribution in [2.24, 2.45) is 7.05 Å². The van der Waals surface area contributed by atoms with Gasteiger partial charge in [0.1, 0.15) is 11.4 Å². The van der Waals surface area contributed by atoms with E-state index in [9.17, 15) is 19.7 Å². The largest absolute Gasteiger partial charge is 0.350 e. The second-order valence-electron chi connectivity index (χ2n) is 7.37. The first-order valence-electron chi connectivity index (χ1n) is 10.1. The summed E-state index contributed by atoms with van der Waals surface area (Å²) in [5.74, 6) is -0.615. The van der Waals surface area contributed by atoms with Crippen LogP contribution in [0.3, 0.4) is 0 Å². The second kappa shape index (κ2) is 8.83. The van der Waals surface area contributed by atoms with Crippen LogP contribution in [0, 0.1) is 17.0 Å². The monoisotopic (exact) mass is 443 g/mol. The standard InChI is InChI=1S/C24H21N5O4/c1-16-22(24(31)28(27(16)2)19-11-7-4-8-12-19)26-23(30)17-13-14-20(21(15-17)29(32)33)25-18-9-5-3-6-10-18/h3-15,25H,1-2H3,(H,26,30). The van der Waals surface area contributed by atoms with Crippen molar-refractivity contribution in [1.82, 2.24) is 9.36 Å². The zero-order valence-corrected chi connectivity index (χ0v) is 18.0. The molecule has 0 aliphatic heterocycles. The highest BCUT2D eigenvalue weighted by atomic mass is 16.6. The Kier molecular flexibility index (Phi) is 5.77. The molecule has 4 aromatic rings. The average Bonchev–Trinajstić information content (AvgIpc) is 3.03. The molecule has 0 atom stereocenters. The molecular weight excluding hydrogens is 422 g/mol. The number of hydrogen-bond donors (Lipinski definition) is 2. The van der Waals surface area contributed by atoms with Crippen LogP contribution in [0.25, 0.3) is 5.69 Å².